The fourth-order valence-corrected chi connectivity index (χ4v) is 4.76. The van der Waals surface area contributed by atoms with Crippen molar-refractivity contribution < 1.29 is 23.1 Å². The smallest absolute Gasteiger partial charge is 0.392 e. The molecule has 1 saturated carbocycles. The molecule has 2 aromatic rings. The van der Waals surface area contributed by atoms with Gasteiger partial charge < -0.3 is 21.5 Å². The molecule has 4 rings (SSSR count). The molecule has 1 aromatic carbocycles. The van der Waals surface area contributed by atoms with Crippen LogP contribution in [0.3, 0.4) is 0 Å². The quantitative estimate of drug-likeness (QED) is 0.491. The minimum absolute atomic E-state index is 0.0469. The van der Waals surface area contributed by atoms with Gasteiger partial charge in [0.2, 0.25) is 5.91 Å². The number of fused-ring (bicyclic) bond motifs is 1. The van der Waals surface area contributed by atoms with Gasteiger partial charge in [-0.25, -0.2) is 9.97 Å². The summed E-state index contributed by atoms with van der Waals surface area (Å²) in [5.74, 6) is 0.222. The zero-order valence-electron chi connectivity index (χ0n) is 18.2. The van der Waals surface area contributed by atoms with E-state index in [1.165, 1.54) is 12.4 Å². The number of nitrogens with zero attached hydrogens (tertiary/aromatic N) is 3. The number of nitrogens with two attached hydrogens (primary N) is 1. The van der Waals surface area contributed by atoms with Crippen molar-refractivity contribution in [3.63, 3.8) is 0 Å². The SMILES string of the molecule is NCC(O)[C@H]1CC[C@H](N2CC(NC(=O)CNc3ncnc4ccc(C(F)(F)F)cc34)C2)CC1. The summed E-state index contributed by atoms with van der Waals surface area (Å²) in [5, 5.41) is 15.9. The summed E-state index contributed by atoms with van der Waals surface area (Å²) in [7, 11) is 0. The first-order valence-corrected chi connectivity index (χ1v) is 11.2. The van der Waals surface area contributed by atoms with Crippen molar-refractivity contribution in [3.8, 4) is 0 Å². The van der Waals surface area contributed by atoms with E-state index in [0.29, 0.717) is 18.1 Å². The molecule has 1 atom stereocenters. The van der Waals surface area contributed by atoms with Crippen LogP contribution in [-0.2, 0) is 11.0 Å². The van der Waals surface area contributed by atoms with Crippen LogP contribution in [-0.4, -0.2) is 70.2 Å². The lowest BCUT2D eigenvalue weighted by Crippen LogP contribution is -2.63. The zero-order valence-corrected chi connectivity index (χ0v) is 18.2. The molecule has 8 nitrogen and oxygen atoms in total. The molecule has 0 radical (unpaired) electrons. The van der Waals surface area contributed by atoms with E-state index in [4.69, 9.17) is 5.73 Å². The first kappa shape index (κ1) is 23.7. The second-order valence-corrected chi connectivity index (χ2v) is 8.90. The van der Waals surface area contributed by atoms with E-state index in [9.17, 15) is 23.1 Å². The number of carbonyl (C=O) groups excluding carboxylic acids is 1. The second kappa shape index (κ2) is 9.78. The standard InChI is InChI=1S/C22H29F3N6O2/c23-22(24,25)14-3-6-18-17(7-14)21(29-12-28-18)27-9-20(33)30-15-10-31(11-15)16-4-1-13(2-5-16)19(32)8-26/h3,6-7,12-13,15-16,19,32H,1-2,4-5,8-11,26H2,(H,30,33)(H,27,28,29)/t13-,16-,19?. The Hall–Kier alpha value is -2.50. The van der Waals surface area contributed by atoms with Gasteiger partial charge in [-0.1, -0.05) is 0 Å². The minimum atomic E-state index is -4.47. The molecule has 2 fully saturated rings. The van der Waals surface area contributed by atoms with Crippen molar-refractivity contribution in [2.75, 3.05) is 31.5 Å². The zero-order chi connectivity index (χ0) is 23.6. The van der Waals surface area contributed by atoms with Crippen molar-refractivity contribution in [2.45, 2.75) is 50.0 Å². The number of aliphatic hydroxyl groups excluding tert-OH is 1. The summed E-state index contributed by atoms with van der Waals surface area (Å²) in [5.41, 5.74) is 5.13. The Morgan fingerprint density at radius 1 is 1.21 bits per heavy atom. The number of alkyl halides is 3. The van der Waals surface area contributed by atoms with Crippen molar-refractivity contribution in [3.05, 3.63) is 30.1 Å². The Morgan fingerprint density at radius 3 is 2.61 bits per heavy atom. The fourth-order valence-electron chi connectivity index (χ4n) is 4.76. The number of hydrogen-bond acceptors (Lipinski definition) is 7. The number of halogens is 3. The van der Waals surface area contributed by atoms with E-state index in [2.05, 4.69) is 25.5 Å². The molecule has 0 spiro atoms. The number of rotatable bonds is 7. The monoisotopic (exact) mass is 466 g/mol. The van der Waals surface area contributed by atoms with Crippen LogP contribution in [0.2, 0.25) is 0 Å². The van der Waals surface area contributed by atoms with E-state index in [-0.39, 0.29) is 35.6 Å². The highest BCUT2D eigenvalue weighted by Crippen LogP contribution is 2.33. The first-order chi connectivity index (χ1) is 15.7. The molecule has 1 aliphatic carbocycles. The molecule has 0 bridgehead atoms. The Kier molecular flexibility index (Phi) is 7.01. The third-order valence-electron chi connectivity index (χ3n) is 6.70. The van der Waals surface area contributed by atoms with Gasteiger partial charge in [-0.15, -0.1) is 0 Å². The van der Waals surface area contributed by atoms with Crippen molar-refractivity contribution in [1.82, 2.24) is 20.2 Å². The normalized spacial score (nSPS) is 23.2. The molecule has 5 N–H and O–H groups in total. The predicted molar refractivity (Wildman–Crippen MR) is 117 cm³/mol. The van der Waals surface area contributed by atoms with E-state index < -0.39 is 17.8 Å². The molecule has 2 aliphatic rings. The van der Waals surface area contributed by atoms with Gasteiger partial charge in [-0.05, 0) is 49.8 Å². The lowest BCUT2D eigenvalue weighted by atomic mass is 9.81. The largest absolute Gasteiger partial charge is 0.416 e. The van der Waals surface area contributed by atoms with Crippen LogP contribution < -0.4 is 16.4 Å². The van der Waals surface area contributed by atoms with Gasteiger partial charge in [0.25, 0.3) is 0 Å². The molecular formula is C22H29F3N6O2. The molecule has 1 aliphatic heterocycles. The molecule has 11 heteroatoms. The maximum atomic E-state index is 13.0. The predicted octanol–water partition coefficient (Wildman–Crippen LogP) is 1.74. The van der Waals surface area contributed by atoms with E-state index in [0.717, 1.165) is 50.9 Å². The Labute approximate surface area is 189 Å². The number of likely N-dealkylation sites (tertiary alicyclic amines) is 1. The van der Waals surface area contributed by atoms with Gasteiger partial charge >= 0.3 is 6.18 Å². The summed E-state index contributed by atoms with van der Waals surface area (Å²) >= 11 is 0. The van der Waals surface area contributed by atoms with E-state index >= 15 is 0 Å². The number of aliphatic hydroxyl groups is 1. The number of hydrogen-bond donors (Lipinski definition) is 4. The Bertz CT molecular complexity index is 974. The number of anilines is 1. The second-order valence-electron chi connectivity index (χ2n) is 8.90. The molecule has 1 amide bonds. The van der Waals surface area contributed by atoms with E-state index in [1.807, 2.05) is 0 Å². The van der Waals surface area contributed by atoms with Crippen LogP contribution >= 0.6 is 0 Å². The van der Waals surface area contributed by atoms with Gasteiger partial charge in [0.05, 0.1) is 29.8 Å². The molecule has 1 saturated heterocycles. The highest BCUT2D eigenvalue weighted by molar-refractivity contribution is 5.91. The van der Waals surface area contributed by atoms with Crippen molar-refractivity contribution >= 4 is 22.6 Å². The molecule has 1 aromatic heterocycles. The number of benzene rings is 1. The first-order valence-electron chi connectivity index (χ1n) is 11.2. The third kappa shape index (κ3) is 5.53. The molecular weight excluding hydrogens is 437 g/mol. The molecule has 2 heterocycles. The lowest BCUT2D eigenvalue weighted by Gasteiger charge is -2.47. The van der Waals surface area contributed by atoms with Gasteiger partial charge in [0.1, 0.15) is 12.1 Å². The fraction of sp³-hybridized carbons (Fsp3) is 0.591. The van der Waals surface area contributed by atoms with Crippen LogP contribution in [0.15, 0.2) is 24.5 Å². The maximum absolute atomic E-state index is 13.0. The Morgan fingerprint density at radius 2 is 1.94 bits per heavy atom. The summed E-state index contributed by atoms with van der Waals surface area (Å²) in [6.07, 6.45) is 0.315. The Balaban J connectivity index is 1.24. The topological polar surface area (TPSA) is 116 Å². The number of nitrogens with one attached hydrogen (secondary N) is 2. The van der Waals surface area contributed by atoms with E-state index in [1.54, 1.807) is 0 Å². The summed E-state index contributed by atoms with van der Waals surface area (Å²) in [4.78, 5) is 22.7. The van der Waals surface area contributed by atoms with Crippen LogP contribution in [0.5, 0.6) is 0 Å². The molecule has 180 valence electrons. The molecule has 1 unspecified atom stereocenters. The van der Waals surface area contributed by atoms with Crippen LogP contribution in [0.25, 0.3) is 10.9 Å². The lowest BCUT2D eigenvalue weighted by molar-refractivity contribution is -0.137. The summed E-state index contributed by atoms with van der Waals surface area (Å²) in [6.45, 7) is 1.74. The third-order valence-corrected chi connectivity index (χ3v) is 6.70. The average molecular weight is 467 g/mol. The highest BCUT2D eigenvalue weighted by atomic mass is 19.4. The van der Waals surface area contributed by atoms with Gasteiger partial charge in [0, 0.05) is 31.1 Å². The maximum Gasteiger partial charge on any atom is 0.416 e. The minimum Gasteiger partial charge on any atom is -0.392 e. The summed E-state index contributed by atoms with van der Waals surface area (Å²) < 4.78 is 39.1. The van der Waals surface area contributed by atoms with Crippen molar-refractivity contribution in [1.29, 1.82) is 0 Å². The van der Waals surface area contributed by atoms with Crippen LogP contribution in [0.4, 0.5) is 19.0 Å². The number of carbonyl (C=O) groups is 1. The van der Waals surface area contributed by atoms with Crippen LogP contribution in [0.1, 0.15) is 31.2 Å². The highest BCUT2D eigenvalue weighted by Gasteiger charge is 2.36. The average Bonchev–Trinajstić information content (AvgIpc) is 2.78. The van der Waals surface area contributed by atoms with Crippen molar-refractivity contribution in [2.24, 2.45) is 11.7 Å². The van der Waals surface area contributed by atoms with Gasteiger partial charge in [-0.2, -0.15) is 13.2 Å². The van der Waals surface area contributed by atoms with Gasteiger partial charge in [-0.3, -0.25) is 9.69 Å². The van der Waals surface area contributed by atoms with Crippen LogP contribution in [0, 0.1) is 5.92 Å². The number of amides is 1. The summed E-state index contributed by atoms with van der Waals surface area (Å²) in [6, 6.07) is 3.76. The van der Waals surface area contributed by atoms with Gasteiger partial charge in [0.15, 0.2) is 0 Å². The molecule has 33 heavy (non-hydrogen) atoms. The number of aromatic nitrogens is 2.